The predicted octanol–water partition coefficient (Wildman–Crippen LogP) is 0.955. The molecule has 0 bridgehead atoms. The van der Waals surface area contributed by atoms with Crippen LogP contribution in [0.15, 0.2) is 0 Å². The molecule has 0 radical (unpaired) electrons. The summed E-state index contributed by atoms with van der Waals surface area (Å²) in [7, 11) is 0. The quantitative estimate of drug-likeness (QED) is 0.845. The van der Waals surface area contributed by atoms with E-state index >= 15 is 0 Å². The first kappa shape index (κ1) is 11.6. The van der Waals surface area contributed by atoms with Crippen molar-refractivity contribution in [1.82, 2.24) is 25.5 Å². The molecule has 3 rings (SSSR count). The average molecular weight is 264 g/mol. The van der Waals surface area contributed by atoms with Gasteiger partial charge in [-0.2, -0.15) is 4.98 Å². The number of nitrogens with one attached hydrogen (secondary N) is 2. The third kappa shape index (κ3) is 2.11. The Bertz CT molecular complexity index is 539. The molecule has 3 heterocycles. The molecule has 96 valence electrons. The summed E-state index contributed by atoms with van der Waals surface area (Å²) in [6, 6.07) is 0. The Morgan fingerprint density at radius 3 is 2.61 bits per heavy atom. The Labute approximate surface area is 109 Å². The summed E-state index contributed by atoms with van der Waals surface area (Å²) >= 11 is 1.65. The second-order valence-corrected chi connectivity index (χ2v) is 5.57. The second-order valence-electron chi connectivity index (χ2n) is 4.37. The number of anilines is 1. The van der Waals surface area contributed by atoms with E-state index in [2.05, 4.69) is 30.4 Å². The molecule has 1 aliphatic rings. The maximum atomic E-state index is 4.58. The first-order valence-electron chi connectivity index (χ1n) is 6.06. The van der Waals surface area contributed by atoms with Gasteiger partial charge in [0.15, 0.2) is 5.82 Å². The SMILES string of the molecule is Cc1nc(C)c(-c2nc(N3CCNCC3)n[nH]2)s1. The van der Waals surface area contributed by atoms with Crippen molar-refractivity contribution in [3.63, 3.8) is 0 Å². The Kier molecular flexibility index (Phi) is 3.00. The van der Waals surface area contributed by atoms with Crippen molar-refractivity contribution in [1.29, 1.82) is 0 Å². The fourth-order valence-corrected chi connectivity index (χ4v) is 2.97. The number of aryl methyl sites for hydroxylation is 2. The van der Waals surface area contributed by atoms with Crippen molar-refractivity contribution in [3.05, 3.63) is 10.7 Å². The number of aromatic nitrogens is 4. The van der Waals surface area contributed by atoms with E-state index in [1.165, 1.54) is 0 Å². The molecule has 1 fully saturated rings. The molecule has 1 aliphatic heterocycles. The first-order valence-corrected chi connectivity index (χ1v) is 6.88. The minimum atomic E-state index is 0.789. The monoisotopic (exact) mass is 264 g/mol. The number of aromatic amines is 1. The summed E-state index contributed by atoms with van der Waals surface area (Å²) in [5, 5.41) is 11.7. The van der Waals surface area contributed by atoms with Crippen LogP contribution in [0.25, 0.3) is 10.7 Å². The molecule has 0 atom stereocenters. The summed E-state index contributed by atoms with van der Waals surface area (Å²) in [6.07, 6.45) is 0. The van der Waals surface area contributed by atoms with Gasteiger partial charge in [-0.1, -0.05) is 0 Å². The van der Waals surface area contributed by atoms with Crippen LogP contribution < -0.4 is 10.2 Å². The van der Waals surface area contributed by atoms with Crippen LogP contribution in [-0.4, -0.2) is 46.3 Å². The van der Waals surface area contributed by atoms with Crippen molar-refractivity contribution in [2.75, 3.05) is 31.1 Å². The second kappa shape index (κ2) is 4.66. The zero-order valence-corrected chi connectivity index (χ0v) is 11.3. The lowest BCUT2D eigenvalue weighted by molar-refractivity contribution is 0.580. The van der Waals surface area contributed by atoms with E-state index < -0.39 is 0 Å². The zero-order chi connectivity index (χ0) is 12.5. The molecule has 7 heteroatoms. The van der Waals surface area contributed by atoms with Gasteiger partial charge in [0.25, 0.3) is 0 Å². The summed E-state index contributed by atoms with van der Waals surface area (Å²) < 4.78 is 0. The van der Waals surface area contributed by atoms with Gasteiger partial charge >= 0.3 is 0 Å². The highest BCUT2D eigenvalue weighted by atomic mass is 32.1. The van der Waals surface area contributed by atoms with E-state index in [4.69, 9.17) is 0 Å². The molecular formula is C11H16N6S. The van der Waals surface area contributed by atoms with E-state index in [1.54, 1.807) is 11.3 Å². The highest BCUT2D eigenvalue weighted by Gasteiger charge is 2.17. The third-order valence-electron chi connectivity index (χ3n) is 2.99. The third-order valence-corrected chi connectivity index (χ3v) is 4.07. The highest BCUT2D eigenvalue weighted by Crippen LogP contribution is 2.27. The molecule has 1 saturated heterocycles. The lowest BCUT2D eigenvalue weighted by Gasteiger charge is -2.25. The molecule has 0 saturated carbocycles. The Morgan fingerprint density at radius 2 is 1.94 bits per heavy atom. The van der Waals surface area contributed by atoms with Crippen LogP contribution in [0.3, 0.4) is 0 Å². The lowest BCUT2D eigenvalue weighted by Crippen LogP contribution is -2.44. The number of nitrogens with zero attached hydrogens (tertiary/aromatic N) is 4. The molecule has 2 aromatic rings. The number of rotatable bonds is 2. The van der Waals surface area contributed by atoms with Crippen LogP contribution in [-0.2, 0) is 0 Å². The van der Waals surface area contributed by atoms with Gasteiger partial charge in [-0.15, -0.1) is 16.4 Å². The Balaban J connectivity index is 1.86. The van der Waals surface area contributed by atoms with Crippen LogP contribution in [0.4, 0.5) is 5.95 Å². The first-order chi connectivity index (χ1) is 8.74. The summed E-state index contributed by atoms with van der Waals surface area (Å²) in [4.78, 5) is 12.3. The molecule has 18 heavy (non-hydrogen) atoms. The lowest BCUT2D eigenvalue weighted by atomic mass is 10.4. The van der Waals surface area contributed by atoms with Crippen molar-refractivity contribution < 1.29 is 0 Å². The summed E-state index contributed by atoms with van der Waals surface area (Å²) in [5.74, 6) is 1.61. The summed E-state index contributed by atoms with van der Waals surface area (Å²) in [6.45, 7) is 7.90. The Morgan fingerprint density at radius 1 is 1.17 bits per heavy atom. The summed E-state index contributed by atoms with van der Waals surface area (Å²) in [5.41, 5.74) is 1.01. The normalized spacial score (nSPS) is 16.2. The van der Waals surface area contributed by atoms with Crippen LogP contribution in [0.5, 0.6) is 0 Å². The maximum absolute atomic E-state index is 4.58. The van der Waals surface area contributed by atoms with Crippen LogP contribution in [0, 0.1) is 13.8 Å². The van der Waals surface area contributed by atoms with Crippen molar-refractivity contribution in [3.8, 4) is 10.7 Å². The van der Waals surface area contributed by atoms with Gasteiger partial charge in [0, 0.05) is 26.2 Å². The molecule has 2 N–H and O–H groups in total. The fraction of sp³-hybridized carbons (Fsp3) is 0.545. The number of thiazole rings is 1. The molecule has 0 aromatic carbocycles. The van der Waals surface area contributed by atoms with Crippen molar-refractivity contribution >= 4 is 17.3 Å². The minimum Gasteiger partial charge on any atom is -0.337 e. The number of H-pyrrole nitrogens is 1. The minimum absolute atomic E-state index is 0.789. The topological polar surface area (TPSA) is 69.7 Å². The van der Waals surface area contributed by atoms with Gasteiger partial charge in [0.2, 0.25) is 5.95 Å². The number of piperazine rings is 1. The molecular weight excluding hydrogens is 248 g/mol. The van der Waals surface area contributed by atoms with Gasteiger partial charge in [-0.3, -0.25) is 5.10 Å². The van der Waals surface area contributed by atoms with E-state index in [1.807, 2.05) is 13.8 Å². The molecule has 2 aromatic heterocycles. The smallest absolute Gasteiger partial charge is 0.245 e. The molecule has 0 unspecified atom stereocenters. The van der Waals surface area contributed by atoms with Gasteiger partial charge < -0.3 is 10.2 Å². The van der Waals surface area contributed by atoms with Crippen molar-refractivity contribution in [2.24, 2.45) is 0 Å². The molecule has 0 aliphatic carbocycles. The van der Waals surface area contributed by atoms with Crippen LogP contribution in [0.2, 0.25) is 0 Å². The average Bonchev–Trinajstić information content (AvgIpc) is 2.97. The van der Waals surface area contributed by atoms with E-state index in [9.17, 15) is 0 Å². The molecule has 6 nitrogen and oxygen atoms in total. The van der Waals surface area contributed by atoms with E-state index in [-0.39, 0.29) is 0 Å². The van der Waals surface area contributed by atoms with E-state index in [0.717, 1.165) is 53.5 Å². The van der Waals surface area contributed by atoms with Crippen LogP contribution in [0.1, 0.15) is 10.7 Å². The standard InChI is InChI=1S/C11H16N6S/c1-7-9(18-8(2)13-7)10-14-11(16-15-10)17-5-3-12-4-6-17/h12H,3-6H2,1-2H3,(H,14,15,16). The van der Waals surface area contributed by atoms with Gasteiger partial charge in [0.05, 0.1) is 15.6 Å². The van der Waals surface area contributed by atoms with Crippen molar-refractivity contribution in [2.45, 2.75) is 13.8 Å². The number of hydrogen-bond donors (Lipinski definition) is 2. The fourth-order valence-electron chi connectivity index (χ4n) is 2.11. The number of hydrogen-bond acceptors (Lipinski definition) is 6. The van der Waals surface area contributed by atoms with Gasteiger partial charge in [-0.25, -0.2) is 4.98 Å². The Hall–Kier alpha value is -1.47. The highest BCUT2D eigenvalue weighted by molar-refractivity contribution is 7.15. The largest absolute Gasteiger partial charge is 0.337 e. The van der Waals surface area contributed by atoms with E-state index in [0.29, 0.717) is 0 Å². The molecule has 0 amide bonds. The van der Waals surface area contributed by atoms with Gasteiger partial charge in [-0.05, 0) is 13.8 Å². The molecule has 0 spiro atoms. The van der Waals surface area contributed by atoms with Gasteiger partial charge in [0.1, 0.15) is 0 Å². The predicted molar refractivity (Wildman–Crippen MR) is 72.0 cm³/mol. The zero-order valence-electron chi connectivity index (χ0n) is 10.5. The maximum Gasteiger partial charge on any atom is 0.245 e. The van der Waals surface area contributed by atoms with Crippen LogP contribution >= 0.6 is 11.3 Å².